The van der Waals surface area contributed by atoms with Crippen molar-refractivity contribution in [2.24, 2.45) is 5.92 Å². The van der Waals surface area contributed by atoms with Crippen LogP contribution in [0.15, 0.2) is 0 Å². The average Bonchev–Trinajstić information content (AvgIpc) is 2.19. The number of hydrogen-bond acceptors (Lipinski definition) is 2. The van der Waals surface area contributed by atoms with Gasteiger partial charge in [0.15, 0.2) is 0 Å². The summed E-state index contributed by atoms with van der Waals surface area (Å²) in [6.07, 6.45) is 3.49. The molecule has 2 heteroatoms. The van der Waals surface area contributed by atoms with Crippen molar-refractivity contribution in [1.29, 1.82) is 0 Å². The highest BCUT2D eigenvalue weighted by atomic mass is 16.2. The quantitative estimate of drug-likeness (QED) is 0.675. The number of aliphatic hydroxyl groups excluding tert-OH is 1. The number of aliphatic hydroxyl groups is 1. The first-order chi connectivity index (χ1) is 6.74. The lowest BCUT2D eigenvalue weighted by Gasteiger charge is -2.33. The highest BCUT2D eigenvalue weighted by molar-refractivity contribution is 5.00. The zero-order chi connectivity index (χ0) is 10.4. The van der Waals surface area contributed by atoms with Gasteiger partial charge in [-0.2, -0.15) is 0 Å². The molecule has 0 aromatic rings. The van der Waals surface area contributed by atoms with Crippen LogP contribution in [0.3, 0.4) is 0 Å². The molecule has 1 N–H and O–H groups in total. The Morgan fingerprint density at radius 2 is 1.93 bits per heavy atom. The molecule has 0 saturated carbocycles. The molecule has 2 nitrogen and oxygen atoms in total. The van der Waals surface area contributed by atoms with Gasteiger partial charge in [-0.15, -0.1) is 5.92 Å². The highest BCUT2D eigenvalue weighted by Gasteiger charge is 2.19. The van der Waals surface area contributed by atoms with Gasteiger partial charge in [0.1, 0.15) is 6.61 Å². The topological polar surface area (TPSA) is 23.5 Å². The summed E-state index contributed by atoms with van der Waals surface area (Å²) < 4.78 is 0. The van der Waals surface area contributed by atoms with E-state index in [0.29, 0.717) is 6.04 Å². The number of likely N-dealkylation sites (tertiary alicyclic amines) is 1. The molecule has 0 amide bonds. The average molecular weight is 195 g/mol. The van der Waals surface area contributed by atoms with Gasteiger partial charge in [0.25, 0.3) is 0 Å². The van der Waals surface area contributed by atoms with E-state index in [1.807, 2.05) is 0 Å². The standard InChI is InChI=1S/C12H21NO/c1-11(2)13-8-6-12(7-9-13)5-3-4-10-14/h11-12,14H,5-10H2,1-2H3. The summed E-state index contributed by atoms with van der Waals surface area (Å²) in [6.45, 7) is 6.94. The molecule has 0 aromatic heterocycles. The van der Waals surface area contributed by atoms with Gasteiger partial charge in [0, 0.05) is 12.5 Å². The minimum Gasteiger partial charge on any atom is -0.384 e. The lowest BCUT2D eigenvalue weighted by molar-refractivity contribution is 0.151. The monoisotopic (exact) mass is 195 g/mol. The van der Waals surface area contributed by atoms with Crippen LogP contribution in [0.5, 0.6) is 0 Å². The van der Waals surface area contributed by atoms with Gasteiger partial charge in [-0.05, 0) is 45.7 Å². The molecule has 1 fully saturated rings. The van der Waals surface area contributed by atoms with E-state index in [4.69, 9.17) is 5.11 Å². The fourth-order valence-electron chi connectivity index (χ4n) is 1.95. The maximum Gasteiger partial charge on any atom is 0.104 e. The van der Waals surface area contributed by atoms with Crippen LogP contribution in [0.25, 0.3) is 0 Å². The van der Waals surface area contributed by atoms with Gasteiger partial charge < -0.3 is 10.0 Å². The fourth-order valence-corrected chi connectivity index (χ4v) is 1.95. The lowest BCUT2D eigenvalue weighted by atomic mass is 9.93. The summed E-state index contributed by atoms with van der Waals surface area (Å²) in [4.78, 5) is 2.52. The van der Waals surface area contributed by atoms with Gasteiger partial charge in [-0.1, -0.05) is 5.92 Å². The molecule has 0 aromatic carbocycles. The van der Waals surface area contributed by atoms with Gasteiger partial charge in [0.05, 0.1) is 0 Å². The van der Waals surface area contributed by atoms with E-state index in [1.165, 1.54) is 25.9 Å². The summed E-state index contributed by atoms with van der Waals surface area (Å²) in [5.41, 5.74) is 0. The van der Waals surface area contributed by atoms with Crippen molar-refractivity contribution in [3.8, 4) is 11.8 Å². The zero-order valence-corrected chi connectivity index (χ0v) is 9.29. The summed E-state index contributed by atoms with van der Waals surface area (Å²) in [6, 6.07) is 0.680. The van der Waals surface area contributed by atoms with E-state index in [1.54, 1.807) is 0 Å². The van der Waals surface area contributed by atoms with E-state index >= 15 is 0 Å². The summed E-state index contributed by atoms with van der Waals surface area (Å²) in [5, 5.41) is 8.53. The molecular formula is C12H21NO. The predicted octanol–water partition coefficient (Wildman–Crippen LogP) is 1.49. The maximum absolute atomic E-state index is 8.53. The Kier molecular flexibility index (Phi) is 5.00. The van der Waals surface area contributed by atoms with Gasteiger partial charge in [-0.3, -0.25) is 0 Å². The van der Waals surface area contributed by atoms with Gasteiger partial charge in [-0.25, -0.2) is 0 Å². The van der Waals surface area contributed by atoms with Crippen molar-refractivity contribution in [1.82, 2.24) is 4.90 Å². The van der Waals surface area contributed by atoms with E-state index < -0.39 is 0 Å². The predicted molar refractivity (Wildman–Crippen MR) is 58.9 cm³/mol. The first-order valence-corrected chi connectivity index (χ1v) is 5.54. The molecule has 0 aliphatic carbocycles. The summed E-state index contributed by atoms with van der Waals surface area (Å²) in [7, 11) is 0. The van der Waals surface area contributed by atoms with E-state index in [-0.39, 0.29) is 6.61 Å². The Morgan fingerprint density at radius 3 is 2.43 bits per heavy atom. The largest absolute Gasteiger partial charge is 0.384 e. The first kappa shape index (κ1) is 11.6. The van der Waals surface area contributed by atoms with E-state index in [9.17, 15) is 0 Å². The number of nitrogens with zero attached hydrogens (tertiary/aromatic N) is 1. The minimum absolute atomic E-state index is 0.00480. The molecule has 0 unspecified atom stereocenters. The van der Waals surface area contributed by atoms with E-state index in [2.05, 4.69) is 30.6 Å². The Hall–Kier alpha value is -0.520. The molecule has 0 radical (unpaired) electrons. The Balaban J connectivity index is 2.22. The number of rotatable bonds is 2. The molecule has 80 valence electrons. The van der Waals surface area contributed by atoms with Crippen molar-refractivity contribution in [2.45, 2.75) is 39.2 Å². The van der Waals surface area contributed by atoms with Crippen LogP contribution in [0.4, 0.5) is 0 Å². The van der Waals surface area contributed by atoms with Crippen molar-refractivity contribution in [3.05, 3.63) is 0 Å². The third-order valence-corrected chi connectivity index (χ3v) is 2.97. The highest BCUT2D eigenvalue weighted by Crippen LogP contribution is 2.21. The Labute approximate surface area is 87.3 Å². The number of piperidine rings is 1. The SMILES string of the molecule is CC(C)N1CCC(CC#CCO)CC1. The molecule has 1 aliphatic heterocycles. The zero-order valence-electron chi connectivity index (χ0n) is 9.29. The van der Waals surface area contributed by atoms with Crippen LogP contribution in [0.1, 0.15) is 33.1 Å². The molecule has 1 rings (SSSR count). The van der Waals surface area contributed by atoms with Crippen LogP contribution >= 0.6 is 0 Å². The van der Waals surface area contributed by atoms with Crippen LogP contribution in [0, 0.1) is 17.8 Å². The third kappa shape index (κ3) is 3.69. The molecule has 0 spiro atoms. The second kappa shape index (κ2) is 6.06. The van der Waals surface area contributed by atoms with Gasteiger partial charge >= 0.3 is 0 Å². The van der Waals surface area contributed by atoms with Crippen molar-refractivity contribution < 1.29 is 5.11 Å². The van der Waals surface area contributed by atoms with Gasteiger partial charge in [0.2, 0.25) is 0 Å². The molecular weight excluding hydrogens is 174 g/mol. The van der Waals surface area contributed by atoms with Crippen molar-refractivity contribution >= 4 is 0 Å². The molecule has 1 saturated heterocycles. The molecule has 1 aliphatic rings. The first-order valence-electron chi connectivity index (χ1n) is 5.54. The van der Waals surface area contributed by atoms with E-state index in [0.717, 1.165) is 12.3 Å². The van der Waals surface area contributed by atoms with Crippen LogP contribution in [-0.2, 0) is 0 Å². The Bertz CT molecular complexity index is 206. The molecule has 0 atom stereocenters. The number of hydrogen-bond donors (Lipinski definition) is 1. The molecule has 1 heterocycles. The summed E-state index contributed by atoms with van der Waals surface area (Å²) >= 11 is 0. The lowest BCUT2D eigenvalue weighted by Crippen LogP contribution is -2.38. The fraction of sp³-hybridized carbons (Fsp3) is 0.833. The molecule has 14 heavy (non-hydrogen) atoms. The summed E-state index contributed by atoms with van der Waals surface area (Å²) in [5.74, 6) is 6.51. The van der Waals surface area contributed by atoms with Crippen LogP contribution in [0.2, 0.25) is 0 Å². The Morgan fingerprint density at radius 1 is 1.29 bits per heavy atom. The van der Waals surface area contributed by atoms with Crippen LogP contribution < -0.4 is 0 Å². The smallest absolute Gasteiger partial charge is 0.104 e. The second-order valence-electron chi connectivity index (χ2n) is 4.29. The van der Waals surface area contributed by atoms with Crippen LogP contribution in [-0.4, -0.2) is 35.7 Å². The maximum atomic E-state index is 8.53. The molecule has 0 bridgehead atoms. The third-order valence-electron chi connectivity index (χ3n) is 2.97. The van der Waals surface area contributed by atoms with Crippen molar-refractivity contribution in [2.75, 3.05) is 19.7 Å². The normalized spacial score (nSPS) is 19.4. The minimum atomic E-state index is 0.00480. The second-order valence-corrected chi connectivity index (χ2v) is 4.29. The van der Waals surface area contributed by atoms with Crippen molar-refractivity contribution in [3.63, 3.8) is 0 Å².